The summed E-state index contributed by atoms with van der Waals surface area (Å²) in [5.74, 6) is 0.808. The lowest BCUT2D eigenvalue weighted by Gasteiger charge is -2.13. The molecule has 2 nitrogen and oxygen atoms in total. The normalized spacial score (nSPS) is 12.2. The highest BCUT2D eigenvalue weighted by atomic mass is 79.9. The van der Waals surface area contributed by atoms with Crippen LogP contribution >= 0.6 is 27.5 Å². The van der Waals surface area contributed by atoms with E-state index in [0.717, 1.165) is 21.3 Å². The third-order valence-corrected chi connectivity index (χ3v) is 3.86. The van der Waals surface area contributed by atoms with Gasteiger partial charge < -0.3 is 9.84 Å². The van der Waals surface area contributed by atoms with Crippen molar-refractivity contribution in [2.45, 2.75) is 12.5 Å². The molecule has 1 N–H and O–H groups in total. The second-order valence-corrected chi connectivity index (χ2v) is 5.52. The van der Waals surface area contributed by atoms with Gasteiger partial charge in [0.1, 0.15) is 5.75 Å². The van der Waals surface area contributed by atoms with Gasteiger partial charge in [-0.2, -0.15) is 0 Å². The summed E-state index contributed by atoms with van der Waals surface area (Å²) in [5, 5.41) is 10.9. The van der Waals surface area contributed by atoms with Crippen LogP contribution in [0.2, 0.25) is 5.02 Å². The third-order valence-electron chi connectivity index (χ3n) is 2.91. The van der Waals surface area contributed by atoms with Gasteiger partial charge in [-0.05, 0) is 41.5 Å². The summed E-state index contributed by atoms with van der Waals surface area (Å²) in [4.78, 5) is 0. The van der Waals surface area contributed by atoms with Gasteiger partial charge >= 0.3 is 0 Å². The summed E-state index contributed by atoms with van der Waals surface area (Å²) in [7, 11) is 1.63. The fourth-order valence-corrected chi connectivity index (χ4v) is 2.56. The maximum atomic E-state index is 10.3. The van der Waals surface area contributed by atoms with Crippen molar-refractivity contribution in [3.8, 4) is 5.75 Å². The van der Waals surface area contributed by atoms with Crippen molar-refractivity contribution in [1.82, 2.24) is 0 Å². The molecule has 2 aromatic carbocycles. The van der Waals surface area contributed by atoms with Crippen molar-refractivity contribution in [2.24, 2.45) is 0 Å². The summed E-state index contributed by atoms with van der Waals surface area (Å²) in [6, 6.07) is 13.1. The van der Waals surface area contributed by atoms with Gasteiger partial charge in [-0.1, -0.05) is 39.7 Å². The monoisotopic (exact) mass is 340 g/mol. The van der Waals surface area contributed by atoms with E-state index in [1.807, 2.05) is 30.3 Å². The topological polar surface area (TPSA) is 29.5 Å². The summed E-state index contributed by atoms with van der Waals surface area (Å²) < 4.78 is 5.97. The molecule has 0 aliphatic heterocycles. The first kappa shape index (κ1) is 14.4. The van der Waals surface area contributed by atoms with Crippen LogP contribution < -0.4 is 4.74 Å². The molecule has 0 amide bonds. The van der Waals surface area contributed by atoms with E-state index in [-0.39, 0.29) is 0 Å². The molecule has 100 valence electrons. The molecule has 0 heterocycles. The maximum Gasteiger partial charge on any atom is 0.118 e. The van der Waals surface area contributed by atoms with E-state index in [4.69, 9.17) is 16.3 Å². The molecule has 0 fully saturated rings. The number of hydrogen-bond donors (Lipinski definition) is 1. The van der Waals surface area contributed by atoms with Gasteiger partial charge in [-0.15, -0.1) is 0 Å². The first-order chi connectivity index (χ1) is 9.10. The smallest absolute Gasteiger partial charge is 0.118 e. The summed E-state index contributed by atoms with van der Waals surface area (Å²) in [5.41, 5.74) is 1.84. The Labute approximate surface area is 126 Å². The number of aliphatic hydroxyl groups is 1. The minimum Gasteiger partial charge on any atom is -0.497 e. The largest absolute Gasteiger partial charge is 0.497 e. The Hall–Kier alpha value is -1.03. The molecule has 19 heavy (non-hydrogen) atoms. The van der Waals surface area contributed by atoms with Crippen LogP contribution in [-0.4, -0.2) is 12.2 Å². The lowest BCUT2D eigenvalue weighted by atomic mass is 10.0. The number of halogens is 2. The van der Waals surface area contributed by atoms with Gasteiger partial charge in [0, 0.05) is 15.9 Å². The molecular formula is C15H14BrClO2. The average molecular weight is 342 g/mol. The first-order valence-electron chi connectivity index (χ1n) is 5.86. The molecule has 0 aliphatic rings. The predicted molar refractivity (Wildman–Crippen MR) is 80.8 cm³/mol. The Bertz CT molecular complexity index is 555. The Morgan fingerprint density at radius 3 is 2.53 bits per heavy atom. The van der Waals surface area contributed by atoms with Crippen LogP contribution in [0.15, 0.2) is 46.9 Å². The summed E-state index contributed by atoms with van der Waals surface area (Å²) in [6.07, 6.45) is -0.0652. The zero-order valence-corrected chi connectivity index (χ0v) is 12.8. The van der Waals surface area contributed by atoms with Crippen LogP contribution in [0, 0.1) is 0 Å². The molecule has 0 saturated carbocycles. The quantitative estimate of drug-likeness (QED) is 0.894. The van der Waals surface area contributed by atoms with Gasteiger partial charge in [-0.25, -0.2) is 0 Å². The van der Waals surface area contributed by atoms with Crippen molar-refractivity contribution in [3.63, 3.8) is 0 Å². The molecule has 2 rings (SSSR count). The number of benzene rings is 2. The van der Waals surface area contributed by atoms with Gasteiger partial charge in [0.2, 0.25) is 0 Å². The molecule has 1 atom stereocenters. The molecule has 4 heteroatoms. The Morgan fingerprint density at radius 1 is 1.21 bits per heavy atom. The van der Waals surface area contributed by atoms with Crippen LogP contribution in [0.3, 0.4) is 0 Å². The number of methoxy groups -OCH3 is 1. The van der Waals surface area contributed by atoms with Crippen molar-refractivity contribution in [1.29, 1.82) is 0 Å². The standard InChI is InChI=1S/C15H14BrClO2/c1-19-12-5-2-10(3-6-12)8-15(18)13-9-11(17)4-7-14(13)16/h2-7,9,15,18H,8H2,1H3. The van der Waals surface area contributed by atoms with Crippen molar-refractivity contribution >= 4 is 27.5 Å². The Balaban J connectivity index is 2.15. The van der Waals surface area contributed by atoms with E-state index in [1.54, 1.807) is 19.2 Å². The van der Waals surface area contributed by atoms with E-state index in [0.29, 0.717) is 11.4 Å². The molecule has 1 unspecified atom stereocenters. The third kappa shape index (κ3) is 3.72. The van der Waals surface area contributed by atoms with Crippen LogP contribution in [0.25, 0.3) is 0 Å². The lowest BCUT2D eigenvalue weighted by Crippen LogP contribution is -2.02. The van der Waals surface area contributed by atoms with Gasteiger partial charge in [0.05, 0.1) is 13.2 Å². The molecule has 0 spiro atoms. The fraction of sp³-hybridized carbons (Fsp3) is 0.200. The summed E-state index contributed by atoms with van der Waals surface area (Å²) >= 11 is 9.38. The van der Waals surface area contributed by atoms with E-state index >= 15 is 0 Å². The molecule has 0 radical (unpaired) electrons. The number of rotatable bonds is 4. The highest BCUT2D eigenvalue weighted by Gasteiger charge is 2.12. The van der Waals surface area contributed by atoms with Crippen LogP contribution in [0.5, 0.6) is 5.75 Å². The Morgan fingerprint density at radius 2 is 1.89 bits per heavy atom. The number of aliphatic hydroxyl groups excluding tert-OH is 1. The molecular weight excluding hydrogens is 328 g/mol. The fourth-order valence-electron chi connectivity index (χ4n) is 1.86. The second-order valence-electron chi connectivity index (χ2n) is 4.23. The minimum absolute atomic E-state index is 0.531. The van der Waals surface area contributed by atoms with E-state index in [1.165, 1.54) is 0 Å². The van der Waals surface area contributed by atoms with Gasteiger partial charge in [0.25, 0.3) is 0 Å². The van der Waals surface area contributed by atoms with E-state index in [9.17, 15) is 5.11 Å². The number of ether oxygens (including phenoxy) is 1. The molecule has 0 aliphatic carbocycles. The average Bonchev–Trinajstić information content (AvgIpc) is 2.42. The first-order valence-corrected chi connectivity index (χ1v) is 7.03. The van der Waals surface area contributed by atoms with Crippen molar-refractivity contribution in [3.05, 3.63) is 63.1 Å². The molecule has 0 aromatic heterocycles. The zero-order valence-electron chi connectivity index (χ0n) is 10.4. The molecule has 0 saturated heterocycles. The molecule has 2 aromatic rings. The van der Waals surface area contributed by atoms with Crippen LogP contribution in [0.4, 0.5) is 0 Å². The van der Waals surface area contributed by atoms with Crippen LogP contribution in [0.1, 0.15) is 17.2 Å². The van der Waals surface area contributed by atoms with E-state index in [2.05, 4.69) is 15.9 Å². The number of hydrogen-bond acceptors (Lipinski definition) is 2. The van der Waals surface area contributed by atoms with E-state index < -0.39 is 6.10 Å². The summed E-state index contributed by atoms with van der Waals surface area (Å²) in [6.45, 7) is 0. The molecule has 0 bridgehead atoms. The lowest BCUT2D eigenvalue weighted by molar-refractivity contribution is 0.177. The highest BCUT2D eigenvalue weighted by Crippen LogP contribution is 2.29. The predicted octanol–water partition coefficient (Wildman–Crippen LogP) is 4.39. The highest BCUT2D eigenvalue weighted by molar-refractivity contribution is 9.10. The van der Waals surface area contributed by atoms with Gasteiger partial charge in [-0.3, -0.25) is 0 Å². The Kier molecular flexibility index (Phi) is 4.86. The van der Waals surface area contributed by atoms with Crippen molar-refractivity contribution in [2.75, 3.05) is 7.11 Å². The van der Waals surface area contributed by atoms with Gasteiger partial charge in [0.15, 0.2) is 0 Å². The second kappa shape index (κ2) is 6.42. The van der Waals surface area contributed by atoms with Crippen LogP contribution in [-0.2, 0) is 6.42 Å². The van der Waals surface area contributed by atoms with Crippen molar-refractivity contribution < 1.29 is 9.84 Å². The minimum atomic E-state index is -0.596. The zero-order chi connectivity index (χ0) is 13.8. The SMILES string of the molecule is COc1ccc(CC(O)c2cc(Cl)ccc2Br)cc1. The maximum absolute atomic E-state index is 10.3.